The van der Waals surface area contributed by atoms with Gasteiger partial charge in [-0.05, 0) is 57.3 Å². The third kappa shape index (κ3) is 3.58. The van der Waals surface area contributed by atoms with Crippen LogP contribution in [0.5, 0.6) is 0 Å². The fourth-order valence-corrected chi connectivity index (χ4v) is 3.57. The number of halogens is 4. The van der Waals surface area contributed by atoms with Crippen LogP contribution in [0, 0.1) is 0 Å². The van der Waals surface area contributed by atoms with Gasteiger partial charge in [-0.2, -0.15) is 5.10 Å². The number of hydrogen-bond acceptors (Lipinski definition) is 2. The maximum atomic E-state index is 6.25. The maximum absolute atomic E-state index is 6.25. The Balaban J connectivity index is 2.24. The molecule has 3 nitrogen and oxygen atoms in total. The van der Waals surface area contributed by atoms with E-state index in [9.17, 15) is 0 Å². The van der Waals surface area contributed by atoms with Gasteiger partial charge in [0, 0.05) is 11.0 Å². The maximum Gasteiger partial charge on any atom is 0.0835 e. The van der Waals surface area contributed by atoms with E-state index in [1.54, 1.807) is 0 Å². The summed E-state index contributed by atoms with van der Waals surface area (Å²) in [5.41, 5.74) is 2.97. The molecule has 0 saturated heterocycles. The number of rotatable bonds is 5. The molecule has 0 unspecified atom stereocenters. The molecule has 2 rings (SSSR count). The molecule has 0 amide bonds. The molecule has 114 valence electrons. The molecule has 0 aliphatic rings. The van der Waals surface area contributed by atoms with E-state index in [-0.39, 0.29) is 0 Å². The van der Waals surface area contributed by atoms with Crippen molar-refractivity contribution in [1.82, 2.24) is 9.78 Å². The molecule has 1 aromatic carbocycles. The summed E-state index contributed by atoms with van der Waals surface area (Å²) in [4.78, 5) is 0. The average molecular weight is 456 g/mol. The highest BCUT2D eigenvalue weighted by molar-refractivity contribution is 9.10. The Labute approximate surface area is 151 Å². The minimum Gasteiger partial charge on any atom is -0.378 e. The van der Waals surface area contributed by atoms with Crippen molar-refractivity contribution in [2.75, 3.05) is 5.32 Å². The van der Waals surface area contributed by atoms with Crippen LogP contribution >= 0.6 is 55.1 Å². The summed E-state index contributed by atoms with van der Waals surface area (Å²) >= 11 is 19.4. The Morgan fingerprint density at radius 3 is 2.52 bits per heavy atom. The molecule has 2 aromatic rings. The van der Waals surface area contributed by atoms with E-state index in [2.05, 4.69) is 56.1 Å². The summed E-state index contributed by atoms with van der Waals surface area (Å²) in [7, 11) is 0. The number of aromatic nitrogens is 2. The van der Waals surface area contributed by atoms with Gasteiger partial charge in [0.1, 0.15) is 0 Å². The molecule has 0 saturated carbocycles. The molecule has 1 N–H and O–H groups in total. The number of hydrogen-bond donors (Lipinski definition) is 1. The topological polar surface area (TPSA) is 29.9 Å². The molecule has 21 heavy (non-hydrogen) atoms. The molecule has 0 fully saturated rings. The van der Waals surface area contributed by atoms with Gasteiger partial charge >= 0.3 is 0 Å². The molecule has 1 aromatic heterocycles. The first-order chi connectivity index (χ1) is 9.99. The summed E-state index contributed by atoms with van der Waals surface area (Å²) in [5.74, 6) is 0. The standard InChI is InChI=1S/C14H15Br2Cl2N3/c1-3-9-12(16)11(21(4-2)20-9)7-19-10-6-5-8(15)13(17)14(10)18/h5-6,19H,3-4,7H2,1-2H3. The minimum absolute atomic E-state index is 0.513. The van der Waals surface area contributed by atoms with Crippen LogP contribution in [0.3, 0.4) is 0 Å². The van der Waals surface area contributed by atoms with Gasteiger partial charge in [0.2, 0.25) is 0 Å². The lowest BCUT2D eigenvalue weighted by Crippen LogP contribution is -2.08. The van der Waals surface area contributed by atoms with Gasteiger partial charge in [0.05, 0.1) is 38.1 Å². The highest BCUT2D eigenvalue weighted by Gasteiger charge is 2.15. The van der Waals surface area contributed by atoms with Crippen molar-refractivity contribution in [1.29, 1.82) is 0 Å². The third-order valence-electron chi connectivity index (χ3n) is 3.18. The molecule has 0 spiro atoms. The van der Waals surface area contributed by atoms with E-state index in [0.29, 0.717) is 16.6 Å². The molecule has 1 heterocycles. The van der Waals surface area contributed by atoms with Crippen LogP contribution < -0.4 is 5.32 Å². The monoisotopic (exact) mass is 453 g/mol. The van der Waals surface area contributed by atoms with E-state index in [0.717, 1.165) is 39.0 Å². The van der Waals surface area contributed by atoms with Gasteiger partial charge in [-0.25, -0.2) is 0 Å². The predicted octanol–water partition coefficient (Wildman–Crippen LogP) is 5.91. The second-order valence-electron chi connectivity index (χ2n) is 4.45. The van der Waals surface area contributed by atoms with Crippen LogP contribution in [0.2, 0.25) is 10.0 Å². The second-order valence-corrected chi connectivity index (χ2v) is 6.86. The summed E-state index contributed by atoms with van der Waals surface area (Å²) in [5, 5.41) is 8.93. The number of anilines is 1. The van der Waals surface area contributed by atoms with Crippen LogP contribution in [0.15, 0.2) is 21.1 Å². The third-order valence-corrected chi connectivity index (χ3v) is 5.86. The quantitative estimate of drug-likeness (QED) is 0.568. The largest absolute Gasteiger partial charge is 0.378 e. The fraction of sp³-hybridized carbons (Fsp3) is 0.357. The first-order valence-electron chi connectivity index (χ1n) is 6.60. The van der Waals surface area contributed by atoms with Gasteiger partial charge in [-0.3, -0.25) is 4.68 Å². The summed E-state index contributed by atoms with van der Waals surface area (Å²) in [6.07, 6.45) is 0.894. The molecular weight excluding hydrogens is 441 g/mol. The molecule has 0 atom stereocenters. The zero-order valence-corrected chi connectivity index (χ0v) is 16.4. The van der Waals surface area contributed by atoms with Crippen molar-refractivity contribution >= 4 is 60.7 Å². The van der Waals surface area contributed by atoms with E-state index in [4.69, 9.17) is 23.2 Å². The van der Waals surface area contributed by atoms with Crippen LogP contribution in [0.4, 0.5) is 5.69 Å². The van der Waals surface area contributed by atoms with Crippen LogP contribution in [-0.2, 0) is 19.5 Å². The molecule has 0 aliphatic carbocycles. The zero-order valence-electron chi connectivity index (χ0n) is 11.7. The van der Waals surface area contributed by atoms with Crippen molar-refractivity contribution in [2.24, 2.45) is 0 Å². The average Bonchev–Trinajstić information content (AvgIpc) is 2.80. The number of nitrogens with zero attached hydrogens (tertiary/aromatic N) is 2. The molecule has 0 radical (unpaired) electrons. The number of nitrogens with one attached hydrogen (secondary N) is 1. The Kier molecular flexibility index (Phi) is 6.00. The van der Waals surface area contributed by atoms with Crippen molar-refractivity contribution in [3.63, 3.8) is 0 Å². The Hall–Kier alpha value is -0.230. The van der Waals surface area contributed by atoms with Gasteiger partial charge in [0.15, 0.2) is 0 Å². The summed E-state index contributed by atoms with van der Waals surface area (Å²) in [6.45, 7) is 5.62. The lowest BCUT2D eigenvalue weighted by molar-refractivity contribution is 0.619. The molecule has 0 aliphatic heterocycles. The Bertz CT molecular complexity index is 656. The van der Waals surface area contributed by atoms with Gasteiger partial charge < -0.3 is 5.32 Å². The van der Waals surface area contributed by atoms with Crippen molar-refractivity contribution in [3.05, 3.63) is 42.5 Å². The first-order valence-corrected chi connectivity index (χ1v) is 8.95. The van der Waals surface area contributed by atoms with Crippen molar-refractivity contribution < 1.29 is 0 Å². The van der Waals surface area contributed by atoms with Crippen molar-refractivity contribution in [2.45, 2.75) is 33.4 Å². The van der Waals surface area contributed by atoms with E-state index in [1.807, 2.05) is 16.8 Å². The van der Waals surface area contributed by atoms with Crippen molar-refractivity contribution in [3.8, 4) is 0 Å². The van der Waals surface area contributed by atoms with E-state index >= 15 is 0 Å². The Morgan fingerprint density at radius 2 is 1.90 bits per heavy atom. The molecule has 7 heteroatoms. The SMILES string of the molecule is CCc1nn(CC)c(CNc2ccc(Br)c(Cl)c2Cl)c1Br. The van der Waals surface area contributed by atoms with Gasteiger partial charge in [-0.1, -0.05) is 30.1 Å². The van der Waals surface area contributed by atoms with Crippen LogP contribution in [0.25, 0.3) is 0 Å². The summed E-state index contributed by atoms with van der Waals surface area (Å²) in [6, 6.07) is 3.78. The first kappa shape index (κ1) is 17.1. The minimum atomic E-state index is 0.513. The molecular formula is C14H15Br2Cl2N3. The van der Waals surface area contributed by atoms with Gasteiger partial charge in [-0.15, -0.1) is 0 Å². The zero-order chi connectivity index (χ0) is 15.6. The van der Waals surface area contributed by atoms with Crippen LogP contribution in [-0.4, -0.2) is 9.78 Å². The smallest absolute Gasteiger partial charge is 0.0835 e. The highest BCUT2D eigenvalue weighted by atomic mass is 79.9. The second kappa shape index (κ2) is 7.36. The number of benzene rings is 1. The predicted molar refractivity (Wildman–Crippen MR) is 96.5 cm³/mol. The lowest BCUT2D eigenvalue weighted by atomic mass is 10.2. The van der Waals surface area contributed by atoms with Gasteiger partial charge in [0.25, 0.3) is 0 Å². The Morgan fingerprint density at radius 1 is 1.19 bits per heavy atom. The highest BCUT2D eigenvalue weighted by Crippen LogP contribution is 2.36. The van der Waals surface area contributed by atoms with E-state index < -0.39 is 0 Å². The lowest BCUT2D eigenvalue weighted by Gasteiger charge is -2.11. The van der Waals surface area contributed by atoms with E-state index in [1.165, 1.54) is 0 Å². The molecule has 0 bridgehead atoms. The fourth-order valence-electron chi connectivity index (χ4n) is 2.03. The normalized spacial score (nSPS) is 11.0. The van der Waals surface area contributed by atoms with Crippen LogP contribution in [0.1, 0.15) is 25.2 Å². The summed E-state index contributed by atoms with van der Waals surface area (Å²) < 4.78 is 3.83. The number of aryl methyl sites for hydroxylation is 2.